The molecule has 4 aromatic rings. The fourth-order valence-electron chi connectivity index (χ4n) is 2.69. The third-order valence-corrected chi connectivity index (χ3v) is 5.27. The molecule has 148 valence electrons. The van der Waals surface area contributed by atoms with Crippen LogP contribution in [-0.4, -0.2) is 26.5 Å². The van der Waals surface area contributed by atoms with Crippen LogP contribution in [0.4, 0.5) is 0 Å². The van der Waals surface area contributed by atoms with Gasteiger partial charge in [0.15, 0.2) is 11.6 Å². The van der Waals surface area contributed by atoms with Crippen LogP contribution in [0.2, 0.25) is 5.02 Å². The number of oxazole rings is 1. The molecule has 4 rings (SSSR count). The summed E-state index contributed by atoms with van der Waals surface area (Å²) < 4.78 is 12.7. The summed E-state index contributed by atoms with van der Waals surface area (Å²) in [5.41, 5.74) is 1.77. The van der Waals surface area contributed by atoms with Crippen LogP contribution in [0.25, 0.3) is 22.7 Å². The van der Waals surface area contributed by atoms with E-state index in [1.54, 1.807) is 6.20 Å². The Balaban J connectivity index is 1.44. The number of benzene rings is 2. The van der Waals surface area contributed by atoms with E-state index in [0.29, 0.717) is 40.0 Å². The Kier molecular flexibility index (Phi) is 5.73. The van der Waals surface area contributed by atoms with Crippen molar-refractivity contribution in [2.75, 3.05) is 12.4 Å². The highest BCUT2D eigenvalue weighted by Crippen LogP contribution is 2.27. The number of hydrogen-bond donors (Lipinski definition) is 1. The quantitative estimate of drug-likeness (QED) is 0.338. The molecule has 29 heavy (non-hydrogen) atoms. The van der Waals surface area contributed by atoms with Crippen molar-refractivity contribution in [2.24, 2.45) is 0 Å². The van der Waals surface area contributed by atoms with Crippen LogP contribution in [0.5, 0.6) is 5.75 Å². The molecule has 0 unspecified atom stereocenters. The molecule has 0 spiro atoms. The highest BCUT2D eigenvalue weighted by Gasteiger charge is 2.14. The van der Waals surface area contributed by atoms with Crippen molar-refractivity contribution in [3.8, 4) is 28.5 Å². The Morgan fingerprint density at radius 2 is 1.79 bits per heavy atom. The Morgan fingerprint density at radius 1 is 1.07 bits per heavy atom. The summed E-state index contributed by atoms with van der Waals surface area (Å²) in [6.45, 7) is 2.56. The molecular weight excluding hydrogens is 410 g/mol. The third kappa shape index (κ3) is 4.38. The van der Waals surface area contributed by atoms with E-state index in [-0.39, 0.29) is 0 Å². The van der Waals surface area contributed by atoms with Gasteiger partial charge in [-0.25, -0.2) is 9.66 Å². The maximum absolute atomic E-state index is 6.18. The van der Waals surface area contributed by atoms with Crippen LogP contribution in [0.3, 0.4) is 0 Å². The summed E-state index contributed by atoms with van der Waals surface area (Å²) in [6, 6.07) is 15.0. The monoisotopic (exact) mass is 427 g/mol. The first-order chi connectivity index (χ1) is 14.1. The van der Waals surface area contributed by atoms with Crippen LogP contribution in [0.15, 0.2) is 64.3 Å². The summed E-state index contributed by atoms with van der Waals surface area (Å²) in [5, 5.41) is 9.62. The molecule has 0 fully saturated rings. The molecule has 2 heterocycles. The molecule has 0 bridgehead atoms. The summed E-state index contributed by atoms with van der Waals surface area (Å²) in [4.78, 5) is 4.32. The van der Waals surface area contributed by atoms with Crippen LogP contribution in [0.1, 0.15) is 12.8 Å². The number of hydrogen-bond acceptors (Lipinski definition) is 7. The Bertz CT molecular complexity index is 1090. The summed E-state index contributed by atoms with van der Waals surface area (Å²) >= 11 is 7.32. The zero-order valence-electron chi connectivity index (χ0n) is 15.6. The van der Waals surface area contributed by atoms with Gasteiger partial charge in [0.05, 0.1) is 18.6 Å². The average molecular weight is 428 g/mol. The van der Waals surface area contributed by atoms with Gasteiger partial charge in [0.2, 0.25) is 11.0 Å². The standard InChI is InChI=1S/C20H18ClN5O2S/c1-2-27-16-9-5-14(6-10-16)19-24-25-20(26(19)22)29-12-18-23-11-17(28-18)13-3-7-15(21)8-4-13/h3-11H,2,12,22H2,1H3. The maximum Gasteiger partial charge on any atom is 0.210 e. The van der Waals surface area contributed by atoms with Crippen molar-refractivity contribution in [3.05, 3.63) is 65.6 Å². The molecule has 0 saturated heterocycles. The minimum absolute atomic E-state index is 0.478. The van der Waals surface area contributed by atoms with Gasteiger partial charge in [-0.05, 0) is 55.5 Å². The molecule has 2 N–H and O–H groups in total. The lowest BCUT2D eigenvalue weighted by molar-refractivity contribution is 0.340. The zero-order chi connectivity index (χ0) is 20.2. The lowest BCUT2D eigenvalue weighted by Gasteiger charge is -2.05. The van der Waals surface area contributed by atoms with Gasteiger partial charge >= 0.3 is 0 Å². The third-order valence-electron chi connectivity index (χ3n) is 4.10. The molecule has 0 amide bonds. The van der Waals surface area contributed by atoms with Gasteiger partial charge in [0, 0.05) is 16.1 Å². The van der Waals surface area contributed by atoms with Crippen LogP contribution in [-0.2, 0) is 5.75 Å². The molecular formula is C20H18ClN5O2S. The van der Waals surface area contributed by atoms with E-state index in [0.717, 1.165) is 16.9 Å². The molecule has 0 aliphatic carbocycles. The van der Waals surface area contributed by atoms with Gasteiger partial charge in [-0.2, -0.15) is 0 Å². The number of aromatic nitrogens is 4. The van der Waals surface area contributed by atoms with E-state index < -0.39 is 0 Å². The lowest BCUT2D eigenvalue weighted by atomic mass is 10.2. The number of nitrogens with two attached hydrogens (primary N) is 1. The van der Waals surface area contributed by atoms with E-state index in [1.165, 1.54) is 16.4 Å². The van der Waals surface area contributed by atoms with E-state index in [4.69, 9.17) is 26.6 Å². The van der Waals surface area contributed by atoms with E-state index >= 15 is 0 Å². The van der Waals surface area contributed by atoms with E-state index in [1.807, 2.05) is 55.5 Å². The first kappa shape index (κ1) is 19.4. The van der Waals surface area contributed by atoms with Crippen LogP contribution < -0.4 is 10.6 Å². The Morgan fingerprint density at radius 3 is 2.52 bits per heavy atom. The molecule has 7 nitrogen and oxygen atoms in total. The second-order valence-electron chi connectivity index (χ2n) is 6.05. The summed E-state index contributed by atoms with van der Waals surface area (Å²) in [5.74, 6) is 9.29. The first-order valence-corrected chi connectivity index (χ1v) is 10.3. The van der Waals surface area contributed by atoms with Crippen molar-refractivity contribution in [1.82, 2.24) is 19.9 Å². The molecule has 0 aliphatic rings. The van der Waals surface area contributed by atoms with Gasteiger partial charge in [-0.15, -0.1) is 10.2 Å². The summed E-state index contributed by atoms with van der Waals surface area (Å²) in [6.07, 6.45) is 1.69. The van der Waals surface area contributed by atoms with Gasteiger partial charge in [0.25, 0.3) is 0 Å². The van der Waals surface area contributed by atoms with Crippen molar-refractivity contribution < 1.29 is 9.15 Å². The van der Waals surface area contributed by atoms with E-state index in [9.17, 15) is 0 Å². The topological polar surface area (TPSA) is 92.0 Å². The average Bonchev–Trinajstić information content (AvgIpc) is 3.35. The zero-order valence-corrected chi connectivity index (χ0v) is 17.2. The Hall–Kier alpha value is -2.97. The van der Waals surface area contributed by atoms with Crippen LogP contribution in [0, 0.1) is 0 Å². The maximum atomic E-state index is 6.18. The molecule has 9 heteroatoms. The molecule has 2 aromatic heterocycles. The molecule has 0 radical (unpaired) electrons. The van der Waals surface area contributed by atoms with Gasteiger partial charge in [0.1, 0.15) is 5.75 Å². The SMILES string of the molecule is CCOc1ccc(-c2nnc(SCc3ncc(-c4ccc(Cl)cc4)o3)n2N)cc1. The van der Waals surface area contributed by atoms with Crippen molar-refractivity contribution in [3.63, 3.8) is 0 Å². The predicted molar refractivity (Wildman–Crippen MR) is 113 cm³/mol. The highest BCUT2D eigenvalue weighted by molar-refractivity contribution is 7.98. The fourth-order valence-corrected chi connectivity index (χ4v) is 3.53. The van der Waals surface area contributed by atoms with Gasteiger partial charge in [-0.3, -0.25) is 0 Å². The van der Waals surface area contributed by atoms with E-state index in [2.05, 4.69) is 15.2 Å². The number of ether oxygens (including phenoxy) is 1. The summed E-state index contributed by atoms with van der Waals surface area (Å²) in [7, 11) is 0. The van der Waals surface area contributed by atoms with Crippen molar-refractivity contribution in [2.45, 2.75) is 17.8 Å². The minimum Gasteiger partial charge on any atom is -0.494 e. The highest BCUT2D eigenvalue weighted by atomic mass is 35.5. The van der Waals surface area contributed by atoms with Crippen molar-refractivity contribution >= 4 is 23.4 Å². The number of rotatable bonds is 7. The number of nitrogens with zero attached hydrogens (tertiary/aromatic N) is 4. The first-order valence-electron chi connectivity index (χ1n) is 8.91. The predicted octanol–water partition coefficient (Wildman–Crippen LogP) is 4.66. The number of halogens is 1. The largest absolute Gasteiger partial charge is 0.494 e. The normalized spacial score (nSPS) is 11.0. The number of thioether (sulfide) groups is 1. The number of nitrogen functional groups attached to an aromatic ring is 1. The second-order valence-corrected chi connectivity index (χ2v) is 7.43. The molecule has 2 aromatic carbocycles. The van der Waals surface area contributed by atoms with Gasteiger partial charge in [-0.1, -0.05) is 23.4 Å². The lowest BCUT2D eigenvalue weighted by Crippen LogP contribution is -2.11. The van der Waals surface area contributed by atoms with Gasteiger partial charge < -0.3 is 15.0 Å². The molecule has 0 atom stereocenters. The van der Waals surface area contributed by atoms with Crippen molar-refractivity contribution in [1.29, 1.82) is 0 Å². The Labute approximate surface area is 176 Å². The fraction of sp³-hybridized carbons (Fsp3) is 0.150. The second kappa shape index (κ2) is 8.59. The smallest absolute Gasteiger partial charge is 0.210 e. The molecule has 0 aliphatic heterocycles. The molecule has 0 saturated carbocycles. The minimum atomic E-state index is 0.478. The van der Waals surface area contributed by atoms with Crippen LogP contribution >= 0.6 is 23.4 Å².